The van der Waals surface area contributed by atoms with Gasteiger partial charge in [-0.25, -0.2) is 4.79 Å². The molecule has 3 aliphatic rings. The molecule has 4 amide bonds. The number of nitrogens with one attached hydrogen (secondary N) is 2. The predicted molar refractivity (Wildman–Crippen MR) is 114 cm³/mol. The van der Waals surface area contributed by atoms with Gasteiger partial charge in [-0.15, -0.1) is 0 Å². The van der Waals surface area contributed by atoms with E-state index in [1.165, 1.54) is 12.1 Å². The van der Waals surface area contributed by atoms with Gasteiger partial charge < -0.3 is 4.90 Å². The number of nitro benzene ring substituents is 1. The maximum Gasteiger partial charge on any atom is 0.328 e. The lowest BCUT2D eigenvalue weighted by atomic mass is 9.68. The van der Waals surface area contributed by atoms with Gasteiger partial charge in [0.2, 0.25) is 11.8 Å². The van der Waals surface area contributed by atoms with E-state index in [0.29, 0.717) is 31.7 Å². The van der Waals surface area contributed by atoms with Crippen LogP contribution in [0, 0.1) is 15.5 Å². The molecule has 10 nitrogen and oxygen atoms in total. The molecule has 2 N–H and O–H groups in total. The van der Waals surface area contributed by atoms with Gasteiger partial charge in [0.15, 0.2) is 5.41 Å². The largest absolute Gasteiger partial charge is 0.364 e. The summed E-state index contributed by atoms with van der Waals surface area (Å²) in [5, 5.41) is 15.8. The highest BCUT2D eigenvalue weighted by Gasteiger charge is 2.60. The number of urea groups is 1. The number of benzene rings is 2. The minimum absolute atomic E-state index is 0.0185. The number of fused-ring (bicyclic) bond motifs is 4. The van der Waals surface area contributed by atoms with Gasteiger partial charge in [-0.1, -0.05) is 30.3 Å². The Morgan fingerprint density at radius 1 is 1.03 bits per heavy atom. The van der Waals surface area contributed by atoms with Crippen molar-refractivity contribution in [2.75, 3.05) is 24.5 Å². The van der Waals surface area contributed by atoms with Crippen molar-refractivity contribution in [2.24, 2.45) is 5.41 Å². The van der Waals surface area contributed by atoms with Crippen molar-refractivity contribution >= 4 is 29.2 Å². The number of barbiturate groups is 1. The molecule has 5 rings (SSSR count). The SMILES string of the molecule is O=C1NC(=O)C2(Cc3cc([N+](=O)[O-])ccc3N3CCN(Cc4ccccc4)CC32)C(=O)N1. The molecule has 2 aromatic rings. The van der Waals surface area contributed by atoms with Gasteiger partial charge in [0.1, 0.15) is 0 Å². The molecular formula is C22H21N5O5. The zero-order chi connectivity index (χ0) is 22.5. The van der Waals surface area contributed by atoms with Gasteiger partial charge in [0, 0.05) is 50.4 Å². The Labute approximate surface area is 183 Å². The molecule has 0 aliphatic carbocycles. The second kappa shape index (κ2) is 7.41. The Morgan fingerprint density at radius 3 is 2.44 bits per heavy atom. The van der Waals surface area contributed by atoms with E-state index in [4.69, 9.17) is 0 Å². The molecule has 1 unspecified atom stereocenters. The predicted octanol–water partition coefficient (Wildman–Crippen LogP) is 1.19. The molecular weight excluding hydrogens is 414 g/mol. The van der Waals surface area contributed by atoms with Gasteiger partial charge in [0.05, 0.1) is 11.0 Å². The van der Waals surface area contributed by atoms with Crippen molar-refractivity contribution in [1.29, 1.82) is 0 Å². The second-order valence-electron chi connectivity index (χ2n) is 8.39. The first kappa shape index (κ1) is 20.1. The van der Waals surface area contributed by atoms with E-state index in [0.717, 1.165) is 11.3 Å². The van der Waals surface area contributed by atoms with Gasteiger partial charge in [-0.05, 0) is 17.2 Å². The zero-order valence-electron chi connectivity index (χ0n) is 17.1. The molecule has 2 saturated heterocycles. The first-order chi connectivity index (χ1) is 15.4. The number of non-ortho nitro benzene ring substituents is 1. The summed E-state index contributed by atoms with van der Waals surface area (Å²) in [5.74, 6) is -1.33. The molecule has 2 aromatic carbocycles. The van der Waals surface area contributed by atoms with Crippen LogP contribution in [0.2, 0.25) is 0 Å². The number of amides is 4. The average Bonchev–Trinajstić information content (AvgIpc) is 2.77. The first-order valence-electron chi connectivity index (χ1n) is 10.4. The summed E-state index contributed by atoms with van der Waals surface area (Å²) in [6, 6.07) is 13.1. The number of imide groups is 2. The highest BCUT2D eigenvalue weighted by molar-refractivity contribution is 6.20. The molecule has 3 heterocycles. The Kier molecular flexibility index (Phi) is 4.66. The molecule has 3 aliphatic heterocycles. The van der Waals surface area contributed by atoms with E-state index in [1.807, 2.05) is 35.2 Å². The van der Waals surface area contributed by atoms with Crippen LogP contribution in [0.15, 0.2) is 48.5 Å². The van der Waals surface area contributed by atoms with E-state index >= 15 is 0 Å². The van der Waals surface area contributed by atoms with Gasteiger partial charge in [-0.3, -0.25) is 35.2 Å². The number of carbonyl (C=O) groups is 3. The van der Waals surface area contributed by atoms with Crippen molar-refractivity contribution in [3.8, 4) is 0 Å². The second-order valence-corrected chi connectivity index (χ2v) is 8.39. The molecule has 0 bridgehead atoms. The quantitative estimate of drug-likeness (QED) is 0.422. The molecule has 1 atom stereocenters. The van der Waals surface area contributed by atoms with Crippen molar-refractivity contribution in [2.45, 2.75) is 19.0 Å². The standard InChI is InChI=1S/C22H21N5O5/c28-19-22(20(29)24-21(30)23-19)11-15-10-16(27(31)32)6-7-17(15)26-9-8-25(13-18(22)26)12-14-4-2-1-3-5-14/h1-7,10,18H,8-9,11-13H2,(H2,23,24,28,29,30). The van der Waals surface area contributed by atoms with E-state index in [9.17, 15) is 24.5 Å². The number of rotatable bonds is 3. The minimum atomic E-state index is -1.56. The Hall–Kier alpha value is -3.79. The van der Waals surface area contributed by atoms with E-state index in [1.54, 1.807) is 6.07 Å². The summed E-state index contributed by atoms with van der Waals surface area (Å²) in [6.07, 6.45) is -0.0185. The Morgan fingerprint density at radius 2 is 1.75 bits per heavy atom. The van der Waals surface area contributed by atoms with Crippen LogP contribution in [0.25, 0.3) is 0 Å². The smallest absolute Gasteiger partial charge is 0.328 e. The number of nitro groups is 1. The lowest BCUT2D eigenvalue weighted by Gasteiger charge is -2.54. The van der Waals surface area contributed by atoms with Crippen molar-refractivity contribution in [3.63, 3.8) is 0 Å². The number of hydrogen-bond acceptors (Lipinski definition) is 7. The van der Waals surface area contributed by atoms with Gasteiger partial charge in [0.25, 0.3) is 5.69 Å². The van der Waals surface area contributed by atoms with Gasteiger partial charge >= 0.3 is 6.03 Å². The number of nitrogens with zero attached hydrogens (tertiary/aromatic N) is 3. The molecule has 1 spiro atoms. The van der Waals surface area contributed by atoms with Gasteiger partial charge in [-0.2, -0.15) is 0 Å². The number of anilines is 1. The zero-order valence-corrected chi connectivity index (χ0v) is 17.1. The fraction of sp³-hybridized carbons (Fsp3) is 0.318. The highest BCUT2D eigenvalue weighted by Crippen LogP contribution is 2.45. The van der Waals surface area contributed by atoms with Crippen LogP contribution >= 0.6 is 0 Å². The van der Waals surface area contributed by atoms with Crippen molar-refractivity contribution in [3.05, 3.63) is 69.8 Å². The van der Waals surface area contributed by atoms with E-state index in [-0.39, 0.29) is 12.1 Å². The summed E-state index contributed by atoms with van der Waals surface area (Å²) in [7, 11) is 0. The maximum absolute atomic E-state index is 13.2. The summed E-state index contributed by atoms with van der Waals surface area (Å²) < 4.78 is 0. The number of hydrogen-bond donors (Lipinski definition) is 2. The molecule has 0 saturated carbocycles. The topological polar surface area (TPSA) is 125 Å². The Balaban J connectivity index is 1.56. The van der Waals surface area contributed by atoms with E-state index in [2.05, 4.69) is 15.5 Å². The van der Waals surface area contributed by atoms with Crippen LogP contribution in [-0.2, 0) is 22.6 Å². The van der Waals surface area contributed by atoms with Crippen molar-refractivity contribution < 1.29 is 19.3 Å². The van der Waals surface area contributed by atoms with Crippen LogP contribution in [0.1, 0.15) is 11.1 Å². The summed E-state index contributed by atoms with van der Waals surface area (Å²) in [6.45, 7) is 2.33. The monoisotopic (exact) mass is 435 g/mol. The molecule has 164 valence electrons. The number of piperazine rings is 1. The van der Waals surface area contributed by atoms with Crippen LogP contribution in [0.3, 0.4) is 0 Å². The molecule has 32 heavy (non-hydrogen) atoms. The fourth-order valence-corrected chi connectivity index (χ4v) is 5.09. The third kappa shape index (κ3) is 3.11. The summed E-state index contributed by atoms with van der Waals surface area (Å²) in [5.41, 5.74) is 0.780. The molecule has 0 radical (unpaired) electrons. The molecule has 10 heteroatoms. The van der Waals surface area contributed by atoms with Crippen LogP contribution in [0.5, 0.6) is 0 Å². The third-order valence-electron chi connectivity index (χ3n) is 6.60. The normalized spacial score (nSPS) is 22.1. The fourth-order valence-electron chi connectivity index (χ4n) is 5.09. The summed E-state index contributed by atoms with van der Waals surface area (Å²) >= 11 is 0. The highest BCUT2D eigenvalue weighted by atomic mass is 16.6. The maximum atomic E-state index is 13.2. The van der Waals surface area contributed by atoms with Crippen molar-refractivity contribution in [1.82, 2.24) is 15.5 Å². The molecule has 2 fully saturated rings. The summed E-state index contributed by atoms with van der Waals surface area (Å²) in [4.78, 5) is 53.1. The Bertz CT molecular complexity index is 1110. The first-order valence-corrected chi connectivity index (χ1v) is 10.4. The number of carbonyl (C=O) groups excluding carboxylic acids is 3. The minimum Gasteiger partial charge on any atom is -0.364 e. The van der Waals surface area contributed by atoms with Crippen LogP contribution in [0.4, 0.5) is 16.2 Å². The van der Waals surface area contributed by atoms with E-state index < -0.39 is 34.2 Å². The average molecular weight is 435 g/mol. The third-order valence-corrected chi connectivity index (χ3v) is 6.60. The lowest BCUT2D eigenvalue weighted by Crippen LogP contribution is -2.74. The molecule has 0 aromatic heterocycles. The van der Waals surface area contributed by atoms with Crippen LogP contribution < -0.4 is 15.5 Å². The van der Waals surface area contributed by atoms with Crippen LogP contribution in [-0.4, -0.2) is 53.3 Å². The lowest BCUT2D eigenvalue weighted by molar-refractivity contribution is -0.384.